The first-order chi connectivity index (χ1) is 12.2. The topological polar surface area (TPSA) is 80.0 Å². The van der Waals surface area contributed by atoms with Gasteiger partial charge in [-0.25, -0.2) is 4.68 Å². The predicted octanol–water partition coefficient (Wildman–Crippen LogP) is -0.939. The van der Waals surface area contributed by atoms with Crippen LogP contribution < -0.4 is 12.4 Å². The molecule has 142 valence electrons. The fraction of sp³-hybridized carbons (Fsp3) is 0.667. The van der Waals surface area contributed by atoms with E-state index in [-0.39, 0.29) is 12.4 Å². The molecule has 1 N–H and O–H groups in total. The van der Waals surface area contributed by atoms with Gasteiger partial charge in [0.05, 0.1) is 18.2 Å². The van der Waals surface area contributed by atoms with Crippen LogP contribution in [0.5, 0.6) is 0 Å². The smallest absolute Gasteiger partial charge is 0.165 e. The van der Waals surface area contributed by atoms with Gasteiger partial charge < -0.3 is 17.5 Å². The average Bonchev–Trinajstić information content (AvgIpc) is 3.13. The third kappa shape index (κ3) is 4.05. The number of nitrogens with zero attached hydrogens (tertiary/aromatic N) is 6. The zero-order valence-electron chi connectivity index (χ0n) is 15.0. The largest absolute Gasteiger partial charge is 1.00 e. The number of aliphatic hydroxyl groups is 1. The number of hydrogen-bond acceptors (Lipinski definition) is 6. The first-order valence-corrected chi connectivity index (χ1v) is 9.37. The minimum atomic E-state index is -0.764. The third-order valence-electron chi connectivity index (χ3n) is 5.73. The van der Waals surface area contributed by atoms with E-state index in [0.717, 1.165) is 31.0 Å². The van der Waals surface area contributed by atoms with Gasteiger partial charge in [-0.1, -0.05) is 25.3 Å². The first kappa shape index (κ1) is 19.2. The summed E-state index contributed by atoms with van der Waals surface area (Å²) in [5.74, 6) is 0.957. The van der Waals surface area contributed by atoms with Gasteiger partial charge in [-0.3, -0.25) is 9.88 Å². The number of aromatic nitrogens is 5. The molecular formula is C18H26ClN6O-. The zero-order chi connectivity index (χ0) is 17.1. The average molecular weight is 378 g/mol. The molecule has 26 heavy (non-hydrogen) atoms. The summed E-state index contributed by atoms with van der Waals surface area (Å²) < 4.78 is 2.04. The molecular weight excluding hydrogens is 352 g/mol. The monoisotopic (exact) mass is 377 g/mol. The molecule has 0 aromatic carbocycles. The minimum absolute atomic E-state index is 0. The van der Waals surface area contributed by atoms with E-state index in [0.29, 0.717) is 18.9 Å². The summed E-state index contributed by atoms with van der Waals surface area (Å²) in [6.45, 7) is 2.43. The van der Waals surface area contributed by atoms with E-state index in [1.165, 1.54) is 32.1 Å². The van der Waals surface area contributed by atoms with Crippen LogP contribution in [0.3, 0.4) is 0 Å². The highest BCUT2D eigenvalue weighted by Crippen LogP contribution is 2.33. The molecule has 0 amide bonds. The Labute approximate surface area is 160 Å². The molecule has 1 aliphatic carbocycles. The van der Waals surface area contributed by atoms with Crippen LogP contribution >= 0.6 is 0 Å². The number of tetrazole rings is 1. The minimum Gasteiger partial charge on any atom is -1.00 e. The summed E-state index contributed by atoms with van der Waals surface area (Å²) >= 11 is 0. The Hall–Kier alpha value is -1.57. The van der Waals surface area contributed by atoms with Crippen LogP contribution in [0, 0.1) is 0 Å². The van der Waals surface area contributed by atoms with Gasteiger partial charge in [0.25, 0.3) is 0 Å². The molecule has 2 aromatic heterocycles. The summed E-state index contributed by atoms with van der Waals surface area (Å²) in [7, 11) is 0. The summed E-state index contributed by atoms with van der Waals surface area (Å²) in [4.78, 5) is 6.49. The van der Waals surface area contributed by atoms with Crippen molar-refractivity contribution in [3.05, 3.63) is 35.9 Å². The Balaban J connectivity index is 0.00000196. The van der Waals surface area contributed by atoms with Gasteiger partial charge in [-0.15, -0.1) is 5.10 Å². The number of likely N-dealkylation sites (tertiary alicyclic amines) is 1. The fourth-order valence-corrected chi connectivity index (χ4v) is 4.13. The van der Waals surface area contributed by atoms with Gasteiger partial charge in [-0.05, 0) is 42.2 Å². The van der Waals surface area contributed by atoms with Gasteiger partial charge in [0, 0.05) is 31.0 Å². The van der Waals surface area contributed by atoms with E-state index < -0.39 is 5.60 Å². The molecule has 4 rings (SSSR count). The standard InChI is InChI=1S/C18H26N6O.ClH/c25-18(15-5-4-10-19-13-15)8-11-23(12-9-18)14-17-20-21-22-24(17)16-6-2-1-3-7-16;/h4-5,10,13,16,25H,1-3,6-9,11-12,14H2;1H/p-1. The maximum atomic E-state index is 10.9. The third-order valence-corrected chi connectivity index (χ3v) is 5.73. The van der Waals surface area contributed by atoms with Crippen molar-refractivity contribution in [3.8, 4) is 0 Å². The maximum Gasteiger partial charge on any atom is 0.165 e. The van der Waals surface area contributed by atoms with Gasteiger partial charge in [0.1, 0.15) is 0 Å². The van der Waals surface area contributed by atoms with Crippen molar-refractivity contribution in [2.45, 2.75) is 63.1 Å². The number of piperidine rings is 1. The Morgan fingerprint density at radius 3 is 2.62 bits per heavy atom. The van der Waals surface area contributed by atoms with E-state index in [2.05, 4.69) is 25.4 Å². The number of rotatable bonds is 4. The molecule has 3 heterocycles. The molecule has 0 bridgehead atoms. The molecule has 0 radical (unpaired) electrons. The second-order valence-corrected chi connectivity index (χ2v) is 7.38. The van der Waals surface area contributed by atoms with Crippen LogP contribution in [-0.2, 0) is 12.1 Å². The molecule has 2 aliphatic rings. The van der Waals surface area contributed by atoms with Crippen molar-refractivity contribution in [3.63, 3.8) is 0 Å². The van der Waals surface area contributed by atoms with Crippen molar-refractivity contribution in [1.82, 2.24) is 30.1 Å². The predicted molar refractivity (Wildman–Crippen MR) is 92.6 cm³/mol. The molecule has 8 heteroatoms. The SMILES string of the molecule is OC1(c2cccnc2)CCN(Cc2nnnn2C2CCCCC2)CC1.[Cl-]. The van der Waals surface area contributed by atoms with Gasteiger partial charge in [0.15, 0.2) is 5.82 Å². The molecule has 2 fully saturated rings. The van der Waals surface area contributed by atoms with Crippen LogP contribution in [0.25, 0.3) is 0 Å². The highest BCUT2D eigenvalue weighted by Gasteiger charge is 2.34. The van der Waals surface area contributed by atoms with Crippen LogP contribution in [0.2, 0.25) is 0 Å². The molecule has 2 aromatic rings. The lowest BCUT2D eigenvalue weighted by Crippen LogP contribution is -3.00. The molecule has 1 saturated heterocycles. The summed E-state index contributed by atoms with van der Waals surface area (Å²) in [5.41, 5.74) is 0.154. The quantitative estimate of drug-likeness (QED) is 0.741. The van der Waals surface area contributed by atoms with Crippen molar-refractivity contribution < 1.29 is 17.5 Å². The van der Waals surface area contributed by atoms with Crippen molar-refractivity contribution in [1.29, 1.82) is 0 Å². The summed E-state index contributed by atoms with van der Waals surface area (Å²) in [6, 6.07) is 4.31. The highest BCUT2D eigenvalue weighted by molar-refractivity contribution is 5.19. The number of hydrogen-bond donors (Lipinski definition) is 1. The van der Waals surface area contributed by atoms with Gasteiger partial charge >= 0.3 is 0 Å². The van der Waals surface area contributed by atoms with Crippen LogP contribution in [0.1, 0.15) is 62.4 Å². The van der Waals surface area contributed by atoms with Crippen LogP contribution in [-0.4, -0.2) is 48.3 Å². The fourth-order valence-electron chi connectivity index (χ4n) is 4.13. The molecule has 1 aliphatic heterocycles. The van der Waals surface area contributed by atoms with E-state index in [4.69, 9.17) is 0 Å². The Bertz CT molecular complexity index is 680. The van der Waals surface area contributed by atoms with E-state index >= 15 is 0 Å². The number of halogens is 1. The number of pyridine rings is 1. The molecule has 7 nitrogen and oxygen atoms in total. The van der Waals surface area contributed by atoms with E-state index in [1.807, 2.05) is 16.8 Å². The lowest BCUT2D eigenvalue weighted by atomic mass is 9.85. The Kier molecular flexibility index (Phi) is 6.21. The van der Waals surface area contributed by atoms with E-state index in [1.54, 1.807) is 12.4 Å². The second-order valence-electron chi connectivity index (χ2n) is 7.38. The lowest BCUT2D eigenvalue weighted by Gasteiger charge is -2.38. The van der Waals surface area contributed by atoms with E-state index in [9.17, 15) is 5.11 Å². The molecule has 0 spiro atoms. The van der Waals surface area contributed by atoms with Crippen molar-refractivity contribution >= 4 is 0 Å². The maximum absolute atomic E-state index is 10.9. The molecule has 1 saturated carbocycles. The molecule has 0 atom stereocenters. The van der Waals surface area contributed by atoms with Gasteiger partial charge in [0.2, 0.25) is 0 Å². The van der Waals surface area contributed by atoms with Crippen LogP contribution in [0.4, 0.5) is 0 Å². The zero-order valence-corrected chi connectivity index (χ0v) is 15.7. The highest BCUT2D eigenvalue weighted by atomic mass is 35.5. The summed E-state index contributed by atoms with van der Waals surface area (Å²) in [5, 5.41) is 23.4. The van der Waals surface area contributed by atoms with Crippen LogP contribution in [0.15, 0.2) is 24.5 Å². The Morgan fingerprint density at radius 2 is 1.92 bits per heavy atom. The Morgan fingerprint density at radius 1 is 1.15 bits per heavy atom. The second kappa shape index (κ2) is 8.41. The first-order valence-electron chi connectivity index (χ1n) is 9.37. The van der Waals surface area contributed by atoms with Crippen molar-refractivity contribution in [2.75, 3.05) is 13.1 Å². The van der Waals surface area contributed by atoms with Gasteiger partial charge in [-0.2, -0.15) is 0 Å². The van der Waals surface area contributed by atoms with Crippen molar-refractivity contribution in [2.24, 2.45) is 0 Å². The molecule has 0 unspecified atom stereocenters. The summed E-state index contributed by atoms with van der Waals surface area (Å²) in [6.07, 6.45) is 11.2. The normalized spacial score (nSPS) is 21.3. The lowest BCUT2D eigenvalue weighted by molar-refractivity contribution is -0.0288.